The predicted octanol–water partition coefficient (Wildman–Crippen LogP) is 15.8. The molecule has 0 saturated heterocycles. The fourth-order valence-corrected chi connectivity index (χ4v) is 9.53. The van der Waals surface area contributed by atoms with Gasteiger partial charge in [-0.25, -0.2) is 9.97 Å². The second-order valence-corrected chi connectivity index (χ2v) is 18.6. The van der Waals surface area contributed by atoms with E-state index in [-0.39, 0.29) is 16.2 Å². The average Bonchev–Trinajstić information content (AvgIpc) is 3.44. The molecule has 0 radical (unpaired) electrons. The summed E-state index contributed by atoms with van der Waals surface area (Å²) in [4.78, 5) is 15.9. The van der Waals surface area contributed by atoms with Crippen LogP contribution in [0.25, 0.3) is 89.7 Å². The van der Waals surface area contributed by atoms with Crippen LogP contribution in [0, 0.1) is 5.41 Å². The van der Waals surface area contributed by atoms with Crippen molar-refractivity contribution < 1.29 is 0 Å². The van der Waals surface area contributed by atoms with Crippen molar-refractivity contribution in [1.29, 1.82) is 0 Å². The number of hydrogen-bond donors (Lipinski definition) is 0. The Labute approximate surface area is 372 Å². The molecular formula is C60H51N3. The standard InChI is InChI=1S/C60H51N3/c1-58(2)52-29-27-44(37-53(52)59(3,4)60(58,5)6)54-30-28-45(39-61-54)57-62-55(50-33-46(40-19-11-7-12-20-40)31-47(34-50)41-21-13-8-14-22-41)38-56(63-57)51-35-48(42-23-15-9-16-24-42)32-49(36-51)43-25-17-10-18-26-43/h7-39H,1-6H3. The molecule has 1 aliphatic rings. The molecule has 0 bridgehead atoms. The maximum Gasteiger partial charge on any atom is 0.161 e. The molecule has 3 nitrogen and oxygen atoms in total. The van der Waals surface area contributed by atoms with Gasteiger partial charge in [-0.2, -0.15) is 0 Å². The molecule has 63 heavy (non-hydrogen) atoms. The van der Waals surface area contributed by atoms with Crippen LogP contribution in [0.15, 0.2) is 200 Å². The molecule has 2 aromatic heterocycles. The molecule has 0 saturated carbocycles. The summed E-state index contributed by atoms with van der Waals surface area (Å²) in [5.74, 6) is 0.623. The molecule has 0 spiro atoms. The molecule has 7 aromatic carbocycles. The minimum absolute atomic E-state index is 0.00282. The molecule has 0 atom stereocenters. The van der Waals surface area contributed by atoms with Crippen LogP contribution in [-0.2, 0) is 10.8 Å². The third kappa shape index (κ3) is 7.18. The zero-order valence-electron chi connectivity index (χ0n) is 36.9. The lowest BCUT2D eigenvalue weighted by Crippen LogP contribution is -2.42. The Morgan fingerprint density at radius 2 is 0.667 bits per heavy atom. The summed E-state index contributed by atoms with van der Waals surface area (Å²) in [6.45, 7) is 14.4. The summed E-state index contributed by atoms with van der Waals surface area (Å²) in [6, 6.07) is 69.3. The second-order valence-electron chi connectivity index (χ2n) is 18.6. The van der Waals surface area contributed by atoms with Crippen LogP contribution in [0.5, 0.6) is 0 Å². The van der Waals surface area contributed by atoms with Gasteiger partial charge in [0.1, 0.15) is 0 Å². The SMILES string of the molecule is CC1(C)c2ccc(-c3ccc(-c4nc(-c5cc(-c6ccccc6)cc(-c6ccccc6)c5)cc(-c5cc(-c6ccccc6)cc(-c6ccccc6)c5)n4)cn3)cc2C(C)(C)C1(C)C. The van der Waals surface area contributed by atoms with Crippen LogP contribution < -0.4 is 0 Å². The zero-order chi connectivity index (χ0) is 43.3. The summed E-state index contributed by atoms with van der Waals surface area (Å²) in [6.07, 6.45) is 1.94. The molecule has 9 aromatic rings. The lowest BCUT2D eigenvalue weighted by atomic mass is 9.59. The Balaban J connectivity index is 1.15. The Hall–Kier alpha value is -7.23. The Bertz CT molecular complexity index is 2830. The van der Waals surface area contributed by atoms with Gasteiger partial charge >= 0.3 is 0 Å². The van der Waals surface area contributed by atoms with Crippen molar-refractivity contribution in [3.8, 4) is 89.7 Å². The maximum atomic E-state index is 5.38. The van der Waals surface area contributed by atoms with E-state index in [0.29, 0.717) is 5.82 Å². The summed E-state index contributed by atoms with van der Waals surface area (Å²) >= 11 is 0. The second kappa shape index (κ2) is 15.6. The molecule has 0 amide bonds. The smallest absolute Gasteiger partial charge is 0.161 e. The van der Waals surface area contributed by atoms with Gasteiger partial charge in [0, 0.05) is 28.5 Å². The maximum absolute atomic E-state index is 5.38. The zero-order valence-corrected chi connectivity index (χ0v) is 36.9. The van der Waals surface area contributed by atoms with Crippen molar-refractivity contribution in [2.24, 2.45) is 5.41 Å². The number of fused-ring (bicyclic) bond motifs is 1. The first-order valence-corrected chi connectivity index (χ1v) is 22.0. The van der Waals surface area contributed by atoms with Crippen LogP contribution in [0.1, 0.15) is 52.7 Å². The highest BCUT2D eigenvalue weighted by Gasteiger charge is 2.56. The predicted molar refractivity (Wildman–Crippen MR) is 263 cm³/mol. The summed E-state index contributed by atoms with van der Waals surface area (Å²) in [5, 5.41) is 0. The molecular weight excluding hydrogens is 763 g/mol. The number of benzene rings is 7. The van der Waals surface area contributed by atoms with E-state index in [9.17, 15) is 0 Å². The minimum atomic E-state index is 0.00282. The largest absolute Gasteiger partial charge is 0.255 e. The van der Waals surface area contributed by atoms with Crippen molar-refractivity contribution in [3.63, 3.8) is 0 Å². The Morgan fingerprint density at radius 1 is 0.286 bits per heavy atom. The van der Waals surface area contributed by atoms with Gasteiger partial charge in [-0.3, -0.25) is 4.98 Å². The van der Waals surface area contributed by atoms with E-state index in [1.807, 2.05) is 6.20 Å². The van der Waals surface area contributed by atoms with Crippen molar-refractivity contribution in [3.05, 3.63) is 211 Å². The van der Waals surface area contributed by atoms with Gasteiger partial charge in [-0.15, -0.1) is 0 Å². The van der Waals surface area contributed by atoms with E-state index < -0.39 is 0 Å². The molecule has 0 unspecified atom stereocenters. The van der Waals surface area contributed by atoms with Crippen LogP contribution >= 0.6 is 0 Å². The number of hydrogen-bond acceptors (Lipinski definition) is 3. The van der Waals surface area contributed by atoms with Crippen LogP contribution in [0.2, 0.25) is 0 Å². The van der Waals surface area contributed by atoms with Gasteiger partial charge in [-0.05, 0) is 133 Å². The molecule has 0 N–H and O–H groups in total. The quantitative estimate of drug-likeness (QED) is 0.153. The first kappa shape index (κ1) is 39.9. The molecule has 0 aliphatic heterocycles. The van der Waals surface area contributed by atoms with Gasteiger partial charge in [0.2, 0.25) is 0 Å². The van der Waals surface area contributed by atoms with Crippen molar-refractivity contribution in [2.45, 2.75) is 52.4 Å². The first-order chi connectivity index (χ1) is 30.5. The average molecular weight is 814 g/mol. The van der Waals surface area contributed by atoms with Gasteiger partial charge in [0.15, 0.2) is 5.82 Å². The normalized spacial score (nSPS) is 14.6. The lowest BCUT2D eigenvalue weighted by Gasteiger charge is -2.44. The topological polar surface area (TPSA) is 38.7 Å². The van der Waals surface area contributed by atoms with E-state index in [4.69, 9.17) is 15.0 Å². The highest BCUT2D eigenvalue weighted by molar-refractivity contribution is 5.85. The molecule has 0 fully saturated rings. The van der Waals surface area contributed by atoms with Gasteiger partial charge in [0.05, 0.1) is 17.1 Å². The molecule has 3 heteroatoms. The summed E-state index contributed by atoms with van der Waals surface area (Å²) in [5.41, 5.74) is 18.7. The van der Waals surface area contributed by atoms with E-state index >= 15 is 0 Å². The van der Waals surface area contributed by atoms with E-state index in [1.54, 1.807) is 0 Å². The third-order valence-corrected chi connectivity index (χ3v) is 14.4. The fourth-order valence-electron chi connectivity index (χ4n) is 9.53. The van der Waals surface area contributed by atoms with E-state index in [2.05, 4.69) is 236 Å². The monoisotopic (exact) mass is 813 g/mol. The van der Waals surface area contributed by atoms with Gasteiger partial charge in [-0.1, -0.05) is 175 Å². The number of aromatic nitrogens is 3. The Kier molecular flexibility index (Phi) is 9.87. The number of pyridine rings is 1. The number of nitrogens with zero attached hydrogens (tertiary/aromatic N) is 3. The summed E-state index contributed by atoms with van der Waals surface area (Å²) < 4.78 is 0. The first-order valence-electron chi connectivity index (χ1n) is 22.0. The van der Waals surface area contributed by atoms with Crippen LogP contribution in [-0.4, -0.2) is 15.0 Å². The van der Waals surface area contributed by atoms with Crippen LogP contribution in [0.4, 0.5) is 0 Å². The molecule has 306 valence electrons. The molecule has 1 aliphatic carbocycles. The molecule has 10 rings (SSSR count). The van der Waals surface area contributed by atoms with Crippen molar-refractivity contribution >= 4 is 0 Å². The lowest BCUT2D eigenvalue weighted by molar-refractivity contribution is 0.125. The van der Waals surface area contributed by atoms with E-state index in [0.717, 1.165) is 83.8 Å². The highest BCUT2D eigenvalue weighted by Crippen LogP contribution is 2.61. The van der Waals surface area contributed by atoms with Crippen LogP contribution in [0.3, 0.4) is 0 Å². The van der Waals surface area contributed by atoms with E-state index in [1.165, 1.54) is 11.1 Å². The summed E-state index contributed by atoms with van der Waals surface area (Å²) in [7, 11) is 0. The number of rotatable bonds is 8. The van der Waals surface area contributed by atoms with Crippen molar-refractivity contribution in [2.75, 3.05) is 0 Å². The third-order valence-electron chi connectivity index (χ3n) is 14.4. The highest BCUT2D eigenvalue weighted by atomic mass is 14.9. The Morgan fingerprint density at radius 3 is 1.06 bits per heavy atom. The minimum Gasteiger partial charge on any atom is -0.255 e. The van der Waals surface area contributed by atoms with Crippen molar-refractivity contribution in [1.82, 2.24) is 15.0 Å². The fraction of sp³-hybridized carbons (Fsp3) is 0.150. The van der Waals surface area contributed by atoms with Gasteiger partial charge in [0.25, 0.3) is 0 Å². The molecule has 2 heterocycles. The van der Waals surface area contributed by atoms with Gasteiger partial charge < -0.3 is 0 Å².